The number of hydrogen-bond acceptors (Lipinski definition) is 4. The molecule has 2 heterocycles. The van der Waals surface area contributed by atoms with Gasteiger partial charge >= 0.3 is 0 Å². The van der Waals surface area contributed by atoms with Crippen molar-refractivity contribution < 1.29 is 8.83 Å². The molecule has 0 aliphatic heterocycles. The lowest BCUT2D eigenvalue weighted by atomic mass is 10.2. The molecule has 0 aliphatic carbocycles. The third kappa shape index (κ3) is 3.13. The number of nitriles is 1. The lowest BCUT2D eigenvalue weighted by Gasteiger charge is -1.96. The highest BCUT2D eigenvalue weighted by atomic mass is 79.9. The molecule has 114 valence electrons. The highest BCUT2D eigenvalue weighted by Gasteiger charge is 2.13. The van der Waals surface area contributed by atoms with E-state index in [0.717, 1.165) is 21.4 Å². The molecule has 5 heteroatoms. The topological polar surface area (TPSA) is 62.4 Å². The monoisotopic (exact) mass is 368 g/mol. The summed E-state index contributed by atoms with van der Waals surface area (Å²) in [6.07, 6.45) is 1.56. The molecular formula is C18H13BrN2O2. The van der Waals surface area contributed by atoms with Gasteiger partial charge in [0.05, 0.1) is 6.21 Å². The molecule has 2 aromatic heterocycles. The lowest BCUT2D eigenvalue weighted by Crippen LogP contribution is -1.77. The lowest BCUT2D eigenvalue weighted by molar-refractivity contribution is 0.540. The van der Waals surface area contributed by atoms with Gasteiger partial charge in [0.25, 0.3) is 0 Å². The molecule has 0 spiro atoms. The third-order valence-corrected chi connectivity index (χ3v) is 4.07. The minimum atomic E-state index is 0.309. The summed E-state index contributed by atoms with van der Waals surface area (Å²) in [4.78, 5) is 4.23. The predicted molar refractivity (Wildman–Crippen MR) is 92.0 cm³/mol. The highest BCUT2D eigenvalue weighted by molar-refractivity contribution is 9.10. The quantitative estimate of drug-likeness (QED) is 0.570. The summed E-state index contributed by atoms with van der Waals surface area (Å²) < 4.78 is 12.3. The van der Waals surface area contributed by atoms with E-state index in [9.17, 15) is 5.26 Å². The SMILES string of the molecule is Cc1oc(/N=C/c2ccc(-c3ccc(Br)cc3)o2)c(C#N)c1C. The highest BCUT2D eigenvalue weighted by Crippen LogP contribution is 2.28. The van der Waals surface area contributed by atoms with E-state index in [-0.39, 0.29) is 0 Å². The maximum absolute atomic E-state index is 9.17. The first kappa shape index (κ1) is 15.3. The fourth-order valence-electron chi connectivity index (χ4n) is 2.15. The van der Waals surface area contributed by atoms with Crippen LogP contribution in [0.3, 0.4) is 0 Å². The Morgan fingerprint density at radius 2 is 1.83 bits per heavy atom. The van der Waals surface area contributed by atoms with Crippen LogP contribution in [0.2, 0.25) is 0 Å². The first-order chi connectivity index (χ1) is 11.1. The first-order valence-corrected chi connectivity index (χ1v) is 7.77. The number of halogens is 1. The molecule has 0 saturated carbocycles. The number of benzene rings is 1. The zero-order chi connectivity index (χ0) is 16.4. The summed E-state index contributed by atoms with van der Waals surface area (Å²) in [6, 6.07) is 13.7. The molecule has 0 bridgehead atoms. The van der Waals surface area contributed by atoms with Gasteiger partial charge in [0.2, 0.25) is 5.88 Å². The molecule has 3 rings (SSSR count). The van der Waals surface area contributed by atoms with E-state index >= 15 is 0 Å². The molecule has 3 aromatic rings. The minimum absolute atomic E-state index is 0.309. The van der Waals surface area contributed by atoms with Crippen molar-refractivity contribution in [3.05, 3.63) is 63.5 Å². The van der Waals surface area contributed by atoms with Gasteiger partial charge in [-0.25, -0.2) is 4.99 Å². The van der Waals surface area contributed by atoms with Crippen LogP contribution < -0.4 is 0 Å². The normalized spacial score (nSPS) is 11.0. The predicted octanol–water partition coefficient (Wildman–Crippen LogP) is 5.54. The van der Waals surface area contributed by atoms with Crippen LogP contribution in [0.5, 0.6) is 0 Å². The van der Waals surface area contributed by atoms with Gasteiger partial charge < -0.3 is 8.83 Å². The van der Waals surface area contributed by atoms with Crippen molar-refractivity contribution in [1.82, 2.24) is 0 Å². The summed E-state index contributed by atoms with van der Waals surface area (Å²) >= 11 is 3.41. The maximum atomic E-state index is 9.17. The Balaban J connectivity index is 1.86. The first-order valence-electron chi connectivity index (χ1n) is 6.98. The van der Waals surface area contributed by atoms with Gasteiger partial charge in [0.1, 0.15) is 28.9 Å². The fraction of sp³-hybridized carbons (Fsp3) is 0.111. The molecule has 0 fully saturated rings. The van der Waals surface area contributed by atoms with E-state index in [1.165, 1.54) is 0 Å². The average Bonchev–Trinajstić information content (AvgIpc) is 3.12. The zero-order valence-corrected chi connectivity index (χ0v) is 14.2. The van der Waals surface area contributed by atoms with E-state index in [1.54, 1.807) is 6.21 Å². The molecule has 0 amide bonds. The van der Waals surface area contributed by atoms with E-state index < -0.39 is 0 Å². The van der Waals surface area contributed by atoms with Crippen molar-refractivity contribution in [2.45, 2.75) is 13.8 Å². The average molecular weight is 369 g/mol. The summed E-state index contributed by atoms with van der Waals surface area (Å²) in [7, 11) is 0. The fourth-order valence-corrected chi connectivity index (χ4v) is 2.41. The Labute approximate surface area is 142 Å². The van der Waals surface area contributed by atoms with Crippen LogP contribution in [0.25, 0.3) is 11.3 Å². The molecule has 0 radical (unpaired) electrons. The smallest absolute Gasteiger partial charge is 0.237 e. The second-order valence-electron chi connectivity index (χ2n) is 5.04. The number of aryl methyl sites for hydroxylation is 1. The molecular weight excluding hydrogens is 356 g/mol. The summed E-state index contributed by atoms with van der Waals surface area (Å²) in [5, 5.41) is 9.17. The molecule has 0 N–H and O–H groups in total. The van der Waals surface area contributed by atoms with E-state index in [0.29, 0.717) is 23.0 Å². The minimum Gasteiger partial charge on any atom is -0.455 e. The van der Waals surface area contributed by atoms with Crippen LogP contribution in [0, 0.1) is 25.2 Å². The second kappa shape index (κ2) is 6.27. The van der Waals surface area contributed by atoms with Crippen molar-refractivity contribution in [2.24, 2.45) is 4.99 Å². The van der Waals surface area contributed by atoms with Crippen LogP contribution in [0.1, 0.15) is 22.6 Å². The van der Waals surface area contributed by atoms with Gasteiger partial charge in [-0.15, -0.1) is 0 Å². The largest absolute Gasteiger partial charge is 0.455 e. The zero-order valence-electron chi connectivity index (χ0n) is 12.6. The van der Waals surface area contributed by atoms with Crippen molar-refractivity contribution in [3.63, 3.8) is 0 Å². The molecule has 1 aromatic carbocycles. The molecule has 0 unspecified atom stereocenters. The molecule has 4 nitrogen and oxygen atoms in total. The third-order valence-electron chi connectivity index (χ3n) is 3.54. The molecule has 0 aliphatic rings. The Morgan fingerprint density at radius 1 is 1.09 bits per heavy atom. The van der Waals surface area contributed by atoms with Crippen LogP contribution in [-0.4, -0.2) is 6.21 Å². The Hall–Kier alpha value is -2.58. The number of nitrogens with zero attached hydrogens (tertiary/aromatic N) is 2. The van der Waals surface area contributed by atoms with Crippen molar-refractivity contribution >= 4 is 28.0 Å². The molecule has 0 saturated heterocycles. The number of furan rings is 2. The second-order valence-corrected chi connectivity index (χ2v) is 5.96. The molecule has 0 atom stereocenters. The Bertz CT molecular complexity index is 912. The van der Waals surface area contributed by atoms with E-state index in [2.05, 4.69) is 27.0 Å². The van der Waals surface area contributed by atoms with E-state index in [1.807, 2.05) is 50.2 Å². The van der Waals surface area contributed by atoms with Crippen molar-refractivity contribution in [2.75, 3.05) is 0 Å². The van der Waals surface area contributed by atoms with Gasteiger partial charge in [-0.2, -0.15) is 5.26 Å². The van der Waals surface area contributed by atoms with Crippen molar-refractivity contribution in [3.8, 4) is 17.4 Å². The van der Waals surface area contributed by atoms with Crippen LogP contribution in [0.4, 0.5) is 5.88 Å². The summed E-state index contributed by atoms with van der Waals surface area (Å²) in [6.45, 7) is 3.66. The van der Waals surface area contributed by atoms with Gasteiger partial charge in [-0.1, -0.05) is 28.1 Å². The number of aliphatic imine (C=N–C) groups is 1. The van der Waals surface area contributed by atoms with Gasteiger partial charge in [0, 0.05) is 15.6 Å². The summed E-state index contributed by atoms with van der Waals surface area (Å²) in [5.41, 5.74) is 2.25. The van der Waals surface area contributed by atoms with E-state index in [4.69, 9.17) is 8.83 Å². The Kier molecular flexibility index (Phi) is 4.18. The van der Waals surface area contributed by atoms with Gasteiger partial charge in [-0.3, -0.25) is 0 Å². The van der Waals surface area contributed by atoms with Crippen LogP contribution in [0.15, 0.2) is 54.7 Å². The van der Waals surface area contributed by atoms with Crippen LogP contribution >= 0.6 is 15.9 Å². The Morgan fingerprint density at radius 3 is 2.52 bits per heavy atom. The standard InChI is InChI=1S/C18H13BrN2O2/c1-11-12(2)22-18(16(11)9-20)21-10-15-7-8-17(23-15)13-3-5-14(19)6-4-13/h3-8,10H,1-2H3/b21-10+. The number of rotatable bonds is 3. The maximum Gasteiger partial charge on any atom is 0.237 e. The van der Waals surface area contributed by atoms with Crippen LogP contribution in [-0.2, 0) is 0 Å². The van der Waals surface area contributed by atoms with Gasteiger partial charge in [0.15, 0.2) is 0 Å². The summed E-state index contributed by atoms with van der Waals surface area (Å²) in [5.74, 6) is 2.36. The van der Waals surface area contributed by atoms with Crippen molar-refractivity contribution in [1.29, 1.82) is 5.26 Å². The molecule has 23 heavy (non-hydrogen) atoms. The number of hydrogen-bond donors (Lipinski definition) is 0. The van der Waals surface area contributed by atoms with Gasteiger partial charge in [-0.05, 0) is 38.1 Å².